The second-order valence-corrected chi connectivity index (χ2v) is 6.47. The highest BCUT2D eigenvalue weighted by atomic mass is 14.6. The first-order valence-electron chi connectivity index (χ1n) is 7.65. The van der Waals surface area contributed by atoms with E-state index in [2.05, 4.69) is 19.9 Å². The molecule has 96 valence electrons. The zero-order valence-corrected chi connectivity index (χ0v) is 11.5. The Morgan fingerprint density at radius 1 is 1.35 bits per heavy atom. The van der Waals surface area contributed by atoms with Crippen molar-refractivity contribution >= 4 is 0 Å². The monoisotopic (exact) mass is 233 g/mol. The lowest BCUT2D eigenvalue weighted by Gasteiger charge is -2.34. The fourth-order valence-corrected chi connectivity index (χ4v) is 4.34. The summed E-state index contributed by atoms with van der Waals surface area (Å²) in [4.78, 5) is 0. The van der Waals surface area contributed by atoms with Crippen molar-refractivity contribution in [3.8, 4) is 6.07 Å². The molecule has 0 N–H and O–H groups in total. The summed E-state index contributed by atoms with van der Waals surface area (Å²) in [5, 5.41) is 9.66. The molecule has 0 spiro atoms. The van der Waals surface area contributed by atoms with Crippen LogP contribution in [0.1, 0.15) is 71.6 Å². The summed E-state index contributed by atoms with van der Waals surface area (Å²) in [5.41, 5.74) is 0.0807. The van der Waals surface area contributed by atoms with Gasteiger partial charge in [0.25, 0.3) is 0 Å². The zero-order chi connectivity index (χ0) is 12.3. The van der Waals surface area contributed by atoms with Crippen molar-refractivity contribution in [2.45, 2.75) is 71.6 Å². The number of nitriles is 1. The molecular formula is C16H27N. The number of nitrogens with zero attached hydrogens (tertiary/aromatic N) is 1. The van der Waals surface area contributed by atoms with E-state index in [1.807, 2.05) is 0 Å². The fraction of sp³-hybridized carbons (Fsp3) is 0.938. The highest BCUT2D eigenvalue weighted by molar-refractivity contribution is 5.12. The van der Waals surface area contributed by atoms with Crippen LogP contribution in [0, 0.1) is 34.5 Å². The molecule has 4 unspecified atom stereocenters. The van der Waals surface area contributed by atoms with E-state index in [1.54, 1.807) is 0 Å². The van der Waals surface area contributed by atoms with Gasteiger partial charge in [-0.05, 0) is 43.4 Å². The van der Waals surface area contributed by atoms with Crippen LogP contribution in [0.15, 0.2) is 0 Å². The van der Waals surface area contributed by atoms with E-state index in [9.17, 15) is 5.26 Å². The minimum atomic E-state index is 0.0807. The van der Waals surface area contributed by atoms with E-state index >= 15 is 0 Å². The predicted molar refractivity (Wildman–Crippen MR) is 71.4 cm³/mol. The molecule has 4 atom stereocenters. The molecule has 2 aliphatic rings. The largest absolute Gasteiger partial charge is 0.198 e. The standard InChI is InChI=1S/C16H27N/c1-3-5-6-13(4-2)10-16(12-17)11-14-7-8-15(16)9-14/h13-15H,3-11H2,1-2H3. The Morgan fingerprint density at radius 2 is 2.18 bits per heavy atom. The van der Waals surface area contributed by atoms with Gasteiger partial charge >= 0.3 is 0 Å². The van der Waals surface area contributed by atoms with Gasteiger partial charge in [-0.3, -0.25) is 0 Å². The Hall–Kier alpha value is -0.510. The Bertz CT molecular complexity index is 290. The summed E-state index contributed by atoms with van der Waals surface area (Å²) in [6.45, 7) is 4.57. The van der Waals surface area contributed by atoms with Crippen molar-refractivity contribution < 1.29 is 0 Å². The van der Waals surface area contributed by atoms with Crippen molar-refractivity contribution in [1.29, 1.82) is 5.26 Å². The second-order valence-electron chi connectivity index (χ2n) is 6.47. The summed E-state index contributed by atoms with van der Waals surface area (Å²) in [6.07, 6.45) is 11.8. The normalized spacial score (nSPS) is 37.0. The molecule has 0 radical (unpaired) electrons. The van der Waals surface area contributed by atoms with Crippen LogP contribution < -0.4 is 0 Å². The van der Waals surface area contributed by atoms with E-state index in [0.717, 1.165) is 17.8 Å². The van der Waals surface area contributed by atoms with Gasteiger partial charge in [0.2, 0.25) is 0 Å². The van der Waals surface area contributed by atoms with Crippen molar-refractivity contribution in [1.82, 2.24) is 0 Å². The molecule has 0 aromatic rings. The first-order chi connectivity index (χ1) is 8.24. The number of hydrogen-bond donors (Lipinski definition) is 0. The smallest absolute Gasteiger partial charge is 0.0692 e. The van der Waals surface area contributed by atoms with Crippen molar-refractivity contribution in [3.05, 3.63) is 0 Å². The molecule has 2 fully saturated rings. The van der Waals surface area contributed by atoms with E-state index in [1.165, 1.54) is 57.8 Å². The number of rotatable bonds is 6. The van der Waals surface area contributed by atoms with Crippen LogP contribution in [0.4, 0.5) is 0 Å². The minimum absolute atomic E-state index is 0.0807. The topological polar surface area (TPSA) is 23.8 Å². The average Bonchev–Trinajstić information content (AvgIpc) is 2.95. The molecule has 0 heterocycles. The van der Waals surface area contributed by atoms with Gasteiger partial charge in [-0.1, -0.05) is 46.0 Å². The van der Waals surface area contributed by atoms with Gasteiger partial charge in [0.15, 0.2) is 0 Å². The van der Waals surface area contributed by atoms with Gasteiger partial charge < -0.3 is 0 Å². The van der Waals surface area contributed by atoms with E-state index < -0.39 is 0 Å². The highest BCUT2D eigenvalue weighted by Crippen LogP contribution is 2.58. The van der Waals surface area contributed by atoms with E-state index in [4.69, 9.17) is 0 Å². The molecule has 0 saturated heterocycles. The minimum Gasteiger partial charge on any atom is -0.198 e. The van der Waals surface area contributed by atoms with Crippen LogP contribution in [0.25, 0.3) is 0 Å². The Labute approximate surface area is 107 Å². The SMILES string of the molecule is CCCCC(CC)CC1(C#N)CC2CCC1C2. The lowest BCUT2D eigenvalue weighted by atomic mass is 9.68. The maximum atomic E-state index is 9.66. The van der Waals surface area contributed by atoms with Gasteiger partial charge in [-0.15, -0.1) is 0 Å². The molecule has 2 rings (SSSR count). The Balaban J connectivity index is 1.97. The predicted octanol–water partition coefficient (Wildman–Crippen LogP) is 4.92. The highest BCUT2D eigenvalue weighted by Gasteiger charge is 2.51. The summed E-state index contributed by atoms with van der Waals surface area (Å²) in [6, 6.07) is 2.75. The Kier molecular flexibility index (Phi) is 4.13. The van der Waals surface area contributed by atoms with Crippen LogP contribution >= 0.6 is 0 Å². The van der Waals surface area contributed by atoms with Gasteiger partial charge in [0.05, 0.1) is 11.5 Å². The number of hydrogen-bond acceptors (Lipinski definition) is 1. The molecule has 2 bridgehead atoms. The second kappa shape index (κ2) is 5.42. The van der Waals surface area contributed by atoms with Crippen LogP contribution in [-0.2, 0) is 0 Å². The van der Waals surface area contributed by atoms with E-state index in [-0.39, 0.29) is 5.41 Å². The molecule has 17 heavy (non-hydrogen) atoms. The quantitative estimate of drug-likeness (QED) is 0.638. The first kappa shape index (κ1) is 12.9. The number of fused-ring (bicyclic) bond motifs is 2. The molecule has 0 aliphatic heterocycles. The van der Waals surface area contributed by atoms with Gasteiger partial charge in [0.1, 0.15) is 0 Å². The lowest BCUT2D eigenvalue weighted by Crippen LogP contribution is -2.28. The summed E-state index contributed by atoms with van der Waals surface area (Å²) < 4.78 is 0. The molecule has 2 saturated carbocycles. The molecule has 1 heteroatoms. The lowest BCUT2D eigenvalue weighted by molar-refractivity contribution is 0.178. The van der Waals surface area contributed by atoms with Crippen LogP contribution in [-0.4, -0.2) is 0 Å². The van der Waals surface area contributed by atoms with Gasteiger partial charge in [0, 0.05) is 0 Å². The van der Waals surface area contributed by atoms with Crippen LogP contribution in [0.5, 0.6) is 0 Å². The van der Waals surface area contributed by atoms with Crippen molar-refractivity contribution in [2.75, 3.05) is 0 Å². The summed E-state index contributed by atoms with van der Waals surface area (Å²) in [5.74, 6) is 2.44. The fourth-order valence-electron chi connectivity index (χ4n) is 4.34. The molecular weight excluding hydrogens is 206 g/mol. The summed E-state index contributed by atoms with van der Waals surface area (Å²) >= 11 is 0. The molecule has 0 aromatic heterocycles. The first-order valence-corrected chi connectivity index (χ1v) is 7.65. The van der Waals surface area contributed by atoms with E-state index in [0.29, 0.717) is 0 Å². The average molecular weight is 233 g/mol. The Morgan fingerprint density at radius 3 is 2.65 bits per heavy atom. The van der Waals surface area contributed by atoms with Crippen molar-refractivity contribution in [2.24, 2.45) is 23.2 Å². The maximum absolute atomic E-state index is 9.66. The van der Waals surface area contributed by atoms with Gasteiger partial charge in [-0.25, -0.2) is 0 Å². The summed E-state index contributed by atoms with van der Waals surface area (Å²) in [7, 11) is 0. The van der Waals surface area contributed by atoms with Crippen LogP contribution in [0.2, 0.25) is 0 Å². The number of unbranched alkanes of at least 4 members (excludes halogenated alkanes) is 1. The van der Waals surface area contributed by atoms with Crippen molar-refractivity contribution in [3.63, 3.8) is 0 Å². The third-order valence-electron chi connectivity index (χ3n) is 5.39. The third kappa shape index (κ3) is 2.51. The maximum Gasteiger partial charge on any atom is 0.0692 e. The van der Waals surface area contributed by atoms with Gasteiger partial charge in [-0.2, -0.15) is 5.26 Å². The molecule has 2 aliphatic carbocycles. The molecule has 0 amide bonds. The molecule has 0 aromatic carbocycles. The molecule has 1 nitrogen and oxygen atoms in total. The third-order valence-corrected chi connectivity index (χ3v) is 5.39. The van der Waals surface area contributed by atoms with Crippen LogP contribution in [0.3, 0.4) is 0 Å². The zero-order valence-electron chi connectivity index (χ0n) is 11.5.